The molecule has 2 N–H and O–H groups in total. The number of rotatable bonds is 4. The molecule has 0 spiro atoms. The summed E-state index contributed by atoms with van der Waals surface area (Å²) in [5.74, 6) is -1.20. The van der Waals surface area contributed by atoms with Crippen molar-refractivity contribution in [2.45, 2.75) is 19.1 Å². The molecule has 0 aliphatic heterocycles. The van der Waals surface area contributed by atoms with Gasteiger partial charge in [0, 0.05) is 13.1 Å². The third kappa shape index (κ3) is 3.72. The number of carbonyl (C=O) groups is 1. The third-order valence-electron chi connectivity index (χ3n) is 2.61. The molecule has 2 rings (SSSR count). The van der Waals surface area contributed by atoms with E-state index in [1.807, 2.05) is 5.32 Å². The van der Waals surface area contributed by atoms with Gasteiger partial charge in [-0.3, -0.25) is 14.2 Å². The summed E-state index contributed by atoms with van der Waals surface area (Å²) in [5, 5.41) is 3.65. The summed E-state index contributed by atoms with van der Waals surface area (Å²) in [6, 6.07) is 1.58. The Morgan fingerprint density at radius 3 is 2.76 bits per heavy atom. The van der Waals surface area contributed by atoms with Gasteiger partial charge >= 0.3 is 11.9 Å². The number of nitrogens with one attached hydrogen (secondary N) is 2. The molecule has 10 heteroatoms. The molecule has 0 aliphatic carbocycles. The Morgan fingerprint density at radius 1 is 1.38 bits per heavy atom. The quantitative estimate of drug-likeness (QED) is 0.874. The lowest BCUT2D eigenvalue weighted by atomic mass is 10.4. The topological polar surface area (TPSA) is 84.0 Å². The molecule has 0 atom stereocenters. The highest BCUT2D eigenvalue weighted by Gasteiger charge is 2.30. The highest BCUT2D eigenvalue weighted by molar-refractivity contribution is 7.17. The van der Waals surface area contributed by atoms with Crippen LogP contribution in [0.1, 0.15) is 6.42 Å². The Hall–Kier alpha value is -2.10. The molecule has 1 amide bonds. The van der Waals surface area contributed by atoms with Crippen molar-refractivity contribution < 1.29 is 18.0 Å². The maximum atomic E-state index is 12.0. The first-order chi connectivity index (χ1) is 9.78. The zero-order valence-corrected chi connectivity index (χ0v) is 11.3. The van der Waals surface area contributed by atoms with Crippen LogP contribution in [0, 0.1) is 0 Å². The van der Waals surface area contributed by atoms with E-state index in [2.05, 4.69) is 4.98 Å². The van der Waals surface area contributed by atoms with Gasteiger partial charge in [0.15, 0.2) is 0 Å². The van der Waals surface area contributed by atoms with E-state index < -0.39 is 29.8 Å². The van der Waals surface area contributed by atoms with Crippen LogP contribution in [0.15, 0.2) is 21.0 Å². The number of amides is 1. The highest BCUT2D eigenvalue weighted by atomic mass is 32.1. The van der Waals surface area contributed by atoms with E-state index >= 15 is 0 Å². The number of alkyl halides is 3. The molecule has 0 saturated carbocycles. The van der Waals surface area contributed by atoms with Crippen LogP contribution >= 0.6 is 11.3 Å². The lowest BCUT2D eigenvalue weighted by molar-refractivity contribution is -0.153. The molecular weight excluding hydrogens is 311 g/mol. The third-order valence-corrected chi connectivity index (χ3v) is 3.51. The van der Waals surface area contributed by atoms with Gasteiger partial charge in [0.2, 0.25) is 5.91 Å². The number of hydrogen-bond acceptors (Lipinski definition) is 4. The lowest BCUT2D eigenvalue weighted by Crippen LogP contribution is -2.39. The molecule has 2 heterocycles. The monoisotopic (exact) mass is 321 g/mol. The summed E-state index contributed by atoms with van der Waals surface area (Å²) >= 11 is 1.14. The maximum Gasteiger partial charge on any atom is 0.397 e. The summed E-state index contributed by atoms with van der Waals surface area (Å²) in [7, 11) is 0. The fourth-order valence-electron chi connectivity index (χ4n) is 1.73. The van der Waals surface area contributed by atoms with Gasteiger partial charge in [-0.05, 0) is 11.4 Å². The fourth-order valence-corrected chi connectivity index (χ4v) is 2.52. The van der Waals surface area contributed by atoms with E-state index in [1.54, 1.807) is 11.4 Å². The zero-order chi connectivity index (χ0) is 15.6. The number of halogens is 3. The molecule has 0 radical (unpaired) electrons. The van der Waals surface area contributed by atoms with Crippen molar-refractivity contribution in [3.8, 4) is 0 Å². The van der Waals surface area contributed by atoms with Crippen LogP contribution in [0.4, 0.5) is 13.2 Å². The SMILES string of the molecule is O=C(CC(F)(F)F)NCCn1c(=O)[nH]c2ccsc2c1=O. The standard InChI is InChI=1S/C11H10F3N3O3S/c12-11(13,14)5-7(18)15-2-3-17-9(19)8-6(1-4-21-8)16-10(17)20/h1,4H,2-3,5H2,(H,15,18)(H,16,20). The number of hydrogen-bond donors (Lipinski definition) is 2. The van der Waals surface area contributed by atoms with E-state index in [1.165, 1.54) is 0 Å². The van der Waals surface area contributed by atoms with Crippen molar-refractivity contribution in [1.29, 1.82) is 0 Å². The van der Waals surface area contributed by atoms with Gasteiger partial charge in [0.05, 0.1) is 5.52 Å². The molecule has 2 aromatic heterocycles. The summed E-state index contributed by atoms with van der Waals surface area (Å²) in [6.45, 7) is -0.444. The minimum atomic E-state index is -4.59. The van der Waals surface area contributed by atoms with Crippen LogP contribution in [0.25, 0.3) is 10.2 Å². The molecule has 2 aromatic rings. The number of aromatic nitrogens is 2. The Bertz CT molecular complexity index is 775. The molecular formula is C11H10F3N3O3S. The van der Waals surface area contributed by atoms with Crippen LogP contribution < -0.4 is 16.6 Å². The van der Waals surface area contributed by atoms with Gasteiger partial charge in [-0.25, -0.2) is 4.79 Å². The Balaban J connectivity index is 2.06. The van der Waals surface area contributed by atoms with Crippen LogP contribution in [0.2, 0.25) is 0 Å². The number of H-pyrrole nitrogens is 1. The van der Waals surface area contributed by atoms with Gasteiger partial charge in [0.25, 0.3) is 5.56 Å². The first-order valence-electron chi connectivity index (χ1n) is 5.82. The number of aromatic amines is 1. The predicted octanol–water partition coefficient (Wildman–Crippen LogP) is 0.820. The Morgan fingerprint density at radius 2 is 2.10 bits per heavy atom. The van der Waals surface area contributed by atoms with Crippen molar-refractivity contribution in [3.63, 3.8) is 0 Å². The second kappa shape index (κ2) is 5.72. The van der Waals surface area contributed by atoms with Gasteiger partial charge in [-0.1, -0.05) is 0 Å². The van der Waals surface area contributed by atoms with Gasteiger partial charge < -0.3 is 10.3 Å². The number of nitrogens with zero attached hydrogens (tertiary/aromatic N) is 1. The number of carbonyl (C=O) groups excluding carboxylic acids is 1. The summed E-state index contributed by atoms with van der Waals surface area (Å²) in [5.41, 5.74) is -0.794. The average molecular weight is 321 g/mol. The zero-order valence-electron chi connectivity index (χ0n) is 10.5. The maximum absolute atomic E-state index is 12.0. The fraction of sp³-hybridized carbons (Fsp3) is 0.364. The van der Waals surface area contributed by atoms with Gasteiger partial charge in [-0.15, -0.1) is 11.3 Å². The number of thiophene rings is 1. The summed E-state index contributed by atoms with van der Waals surface area (Å²) in [6.07, 6.45) is -6.18. The molecule has 0 unspecified atom stereocenters. The molecule has 0 fully saturated rings. The van der Waals surface area contributed by atoms with Crippen molar-refractivity contribution in [2.75, 3.05) is 6.54 Å². The van der Waals surface area contributed by atoms with E-state index in [0.29, 0.717) is 10.2 Å². The van der Waals surface area contributed by atoms with Crippen LogP contribution in [-0.2, 0) is 11.3 Å². The van der Waals surface area contributed by atoms with Crippen molar-refractivity contribution >= 4 is 27.5 Å². The van der Waals surface area contributed by atoms with E-state index in [-0.39, 0.29) is 13.1 Å². The minimum Gasteiger partial charge on any atom is -0.354 e. The van der Waals surface area contributed by atoms with E-state index in [4.69, 9.17) is 0 Å². The molecule has 6 nitrogen and oxygen atoms in total. The Kier molecular flexibility index (Phi) is 4.16. The number of fused-ring (bicyclic) bond motifs is 1. The minimum absolute atomic E-state index is 0.203. The first-order valence-corrected chi connectivity index (χ1v) is 6.69. The second-order valence-corrected chi connectivity index (χ2v) is 5.11. The second-order valence-electron chi connectivity index (χ2n) is 4.19. The van der Waals surface area contributed by atoms with Gasteiger partial charge in [-0.2, -0.15) is 13.2 Å². The Labute approximate surface area is 119 Å². The molecule has 0 aromatic carbocycles. The molecule has 0 aliphatic rings. The lowest BCUT2D eigenvalue weighted by Gasteiger charge is -2.08. The van der Waals surface area contributed by atoms with Crippen LogP contribution in [0.5, 0.6) is 0 Å². The molecule has 0 saturated heterocycles. The first kappa shape index (κ1) is 15.3. The molecule has 0 bridgehead atoms. The summed E-state index contributed by atoms with van der Waals surface area (Å²) < 4.78 is 37.0. The smallest absolute Gasteiger partial charge is 0.354 e. The van der Waals surface area contributed by atoms with Crippen molar-refractivity contribution in [2.24, 2.45) is 0 Å². The van der Waals surface area contributed by atoms with Crippen molar-refractivity contribution in [1.82, 2.24) is 14.9 Å². The summed E-state index contributed by atoms with van der Waals surface area (Å²) in [4.78, 5) is 37.1. The van der Waals surface area contributed by atoms with Crippen molar-refractivity contribution in [3.05, 3.63) is 32.3 Å². The molecule has 21 heavy (non-hydrogen) atoms. The van der Waals surface area contributed by atoms with Crippen LogP contribution in [0.3, 0.4) is 0 Å². The predicted molar refractivity (Wildman–Crippen MR) is 70.4 cm³/mol. The van der Waals surface area contributed by atoms with Gasteiger partial charge in [0.1, 0.15) is 11.1 Å². The van der Waals surface area contributed by atoms with Crippen LogP contribution in [-0.4, -0.2) is 28.2 Å². The van der Waals surface area contributed by atoms with E-state index in [0.717, 1.165) is 15.9 Å². The van der Waals surface area contributed by atoms with E-state index in [9.17, 15) is 27.6 Å². The molecule has 114 valence electrons. The largest absolute Gasteiger partial charge is 0.397 e. The average Bonchev–Trinajstić information content (AvgIpc) is 2.79. The normalized spacial score (nSPS) is 11.8. The highest BCUT2D eigenvalue weighted by Crippen LogP contribution is 2.18.